The first-order valence-corrected chi connectivity index (χ1v) is 6.07. The van der Waals surface area contributed by atoms with Crippen LogP contribution in [0.3, 0.4) is 0 Å². The van der Waals surface area contributed by atoms with Crippen molar-refractivity contribution in [1.82, 2.24) is 20.1 Å². The Bertz CT molecular complexity index is 600. The third-order valence-electron chi connectivity index (χ3n) is 2.78. The van der Waals surface area contributed by atoms with E-state index in [2.05, 4.69) is 15.2 Å². The van der Waals surface area contributed by atoms with E-state index < -0.39 is 5.69 Å². The molecule has 100 valence electrons. The Morgan fingerprint density at radius 1 is 1.32 bits per heavy atom. The van der Waals surface area contributed by atoms with Crippen molar-refractivity contribution in [1.29, 1.82) is 0 Å². The number of carbonyl (C=O) groups is 1. The van der Waals surface area contributed by atoms with Crippen LogP contribution in [0.15, 0.2) is 35.1 Å². The van der Waals surface area contributed by atoms with E-state index in [4.69, 9.17) is 0 Å². The molecule has 1 amide bonds. The maximum atomic E-state index is 12.3. The van der Waals surface area contributed by atoms with Crippen LogP contribution in [0.4, 0.5) is 0 Å². The lowest BCUT2D eigenvalue weighted by molar-refractivity contribution is 0.0678. The summed E-state index contributed by atoms with van der Waals surface area (Å²) in [4.78, 5) is 27.3. The van der Waals surface area contributed by atoms with E-state index in [1.165, 1.54) is 0 Å². The van der Waals surface area contributed by atoms with Gasteiger partial charge >= 0.3 is 5.69 Å². The van der Waals surface area contributed by atoms with Gasteiger partial charge in [0.1, 0.15) is 0 Å². The summed E-state index contributed by atoms with van der Waals surface area (Å²) in [6.45, 7) is 4.32. The van der Waals surface area contributed by atoms with E-state index in [-0.39, 0.29) is 17.8 Å². The van der Waals surface area contributed by atoms with Gasteiger partial charge < -0.3 is 4.90 Å². The molecular formula is C13H16N4O2. The Kier molecular flexibility index (Phi) is 3.79. The molecule has 0 atom stereocenters. The third kappa shape index (κ3) is 3.09. The molecule has 0 aliphatic heterocycles. The first kappa shape index (κ1) is 13.1. The van der Waals surface area contributed by atoms with Crippen molar-refractivity contribution >= 4 is 5.91 Å². The van der Waals surface area contributed by atoms with Gasteiger partial charge in [0.25, 0.3) is 5.91 Å². The molecule has 0 aliphatic rings. The van der Waals surface area contributed by atoms with Gasteiger partial charge in [-0.2, -0.15) is 0 Å². The molecule has 1 heterocycles. The normalized spacial score (nSPS) is 10.7. The van der Waals surface area contributed by atoms with Gasteiger partial charge in [-0.3, -0.25) is 9.78 Å². The average Bonchev–Trinajstić information content (AvgIpc) is 2.83. The number of hydrogen-bond donors (Lipinski definition) is 2. The highest BCUT2D eigenvalue weighted by atomic mass is 16.2. The van der Waals surface area contributed by atoms with Crippen LogP contribution < -0.4 is 5.69 Å². The molecule has 1 aromatic carbocycles. The van der Waals surface area contributed by atoms with Crippen LogP contribution in [-0.2, 0) is 6.54 Å². The van der Waals surface area contributed by atoms with Crippen molar-refractivity contribution in [2.45, 2.75) is 26.4 Å². The van der Waals surface area contributed by atoms with Crippen molar-refractivity contribution in [3.05, 3.63) is 52.2 Å². The number of hydrogen-bond acceptors (Lipinski definition) is 3. The second kappa shape index (κ2) is 5.51. The van der Waals surface area contributed by atoms with Gasteiger partial charge in [0.15, 0.2) is 0 Å². The fourth-order valence-corrected chi connectivity index (χ4v) is 1.78. The zero-order valence-electron chi connectivity index (χ0n) is 10.9. The number of aromatic nitrogens is 3. The number of carbonyl (C=O) groups excluding carboxylic acids is 1. The summed E-state index contributed by atoms with van der Waals surface area (Å²) in [5, 5.41) is 5.87. The summed E-state index contributed by atoms with van der Waals surface area (Å²) in [6, 6.07) is 9.69. The molecule has 19 heavy (non-hydrogen) atoms. The van der Waals surface area contributed by atoms with E-state index in [1.54, 1.807) is 4.90 Å². The SMILES string of the molecule is CC(C)N(Cc1ccccc1)C(=O)c1n[nH]c(=O)[nH]1. The Hall–Kier alpha value is -2.37. The quantitative estimate of drug-likeness (QED) is 0.865. The van der Waals surface area contributed by atoms with Crippen molar-refractivity contribution in [2.24, 2.45) is 0 Å². The van der Waals surface area contributed by atoms with E-state index in [0.717, 1.165) is 5.56 Å². The largest absolute Gasteiger partial charge is 0.341 e. The Balaban J connectivity index is 2.21. The number of nitrogens with one attached hydrogen (secondary N) is 2. The molecule has 0 fully saturated rings. The van der Waals surface area contributed by atoms with Gasteiger partial charge in [-0.15, -0.1) is 5.10 Å². The monoisotopic (exact) mass is 260 g/mol. The van der Waals surface area contributed by atoms with Crippen molar-refractivity contribution in [2.75, 3.05) is 0 Å². The summed E-state index contributed by atoms with van der Waals surface area (Å²) in [6.07, 6.45) is 0. The second-order valence-electron chi connectivity index (χ2n) is 4.54. The van der Waals surface area contributed by atoms with Crippen LogP contribution >= 0.6 is 0 Å². The lowest BCUT2D eigenvalue weighted by atomic mass is 10.2. The van der Waals surface area contributed by atoms with E-state index >= 15 is 0 Å². The van der Waals surface area contributed by atoms with E-state index in [0.29, 0.717) is 6.54 Å². The average molecular weight is 260 g/mol. The molecule has 0 bridgehead atoms. The van der Waals surface area contributed by atoms with Gasteiger partial charge in [0, 0.05) is 12.6 Å². The van der Waals surface area contributed by atoms with Gasteiger partial charge in [0.2, 0.25) is 5.82 Å². The molecule has 0 unspecified atom stereocenters. The van der Waals surface area contributed by atoms with Crippen LogP contribution in [0.2, 0.25) is 0 Å². The molecule has 2 aromatic rings. The van der Waals surface area contributed by atoms with Crippen LogP contribution in [0.1, 0.15) is 30.0 Å². The smallest absolute Gasteiger partial charge is 0.329 e. The molecule has 2 rings (SSSR count). The van der Waals surface area contributed by atoms with E-state index in [1.807, 2.05) is 44.2 Å². The van der Waals surface area contributed by atoms with Crippen LogP contribution in [0.5, 0.6) is 0 Å². The minimum atomic E-state index is -0.480. The highest BCUT2D eigenvalue weighted by Gasteiger charge is 2.21. The van der Waals surface area contributed by atoms with Crippen molar-refractivity contribution in [3.8, 4) is 0 Å². The van der Waals surface area contributed by atoms with Gasteiger partial charge in [0.05, 0.1) is 0 Å². The number of nitrogens with zero attached hydrogens (tertiary/aromatic N) is 2. The van der Waals surface area contributed by atoms with Gasteiger partial charge in [-0.1, -0.05) is 30.3 Å². The molecule has 6 heteroatoms. The molecule has 1 aromatic heterocycles. The summed E-state index contributed by atoms with van der Waals surface area (Å²) in [5.74, 6) is -0.258. The predicted molar refractivity (Wildman–Crippen MR) is 70.7 cm³/mol. The first-order chi connectivity index (χ1) is 9.08. The number of rotatable bonds is 4. The number of aromatic amines is 2. The zero-order chi connectivity index (χ0) is 13.8. The summed E-state index contributed by atoms with van der Waals surface area (Å²) in [7, 11) is 0. The molecule has 0 aliphatic carbocycles. The lowest BCUT2D eigenvalue weighted by Crippen LogP contribution is -2.37. The summed E-state index contributed by atoms with van der Waals surface area (Å²) in [5.41, 5.74) is 0.550. The lowest BCUT2D eigenvalue weighted by Gasteiger charge is -2.25. The molecule has 0 spiro atoms. The first-order valence-electron chi connectivity index (χ1n) is 6.07. The van der Waals surface area contributed by atoms with Crippen molar-refractivity contribution in [3.63, 3.8) is 0 Å². The number of H-pyrrole nitrogens is 2. The van der Waals surface area contributed by atoms with Crippen LogP contribution in [0, 0.1) is 0 Å². The molecule has 0 saturated carbocycles. The second-order valence-corrected chi connectivity index (χ2v) is 4.54. The van der Waals surface area contributed by atoms with E-state index in [9.17, 15) is 9.59 Å². The maximum absolute atomic E-state index is 12.3. The molecule has 0 saturated heterocycles. The summed E-state index contributed by atoms with van der Waals surface area (Å²) >= 11 is 0. The van der Waals surface area contributed by atoms with Gasteiger partial charge in [-0.05, 0) is 19.4 Å². The maximum Gasteiger partial charge on any atom is 0.341 e. The minimum absolute atomic E-state index is 0.00732. The van der Waals surface area contributed by atoms with Gasteiger partial charge in [-0.25, -0.2) is 9.89 Å². The standard InChI is InChI=1S/C13H16N4O2/c1-9(2)17(8-10-6-4-3-5-7-10)12(18)11-14-13(19)16-15-11/h3-7,9H,8H2,1-2H3,(H2,14,15,16,19). The molecule has 0 radical (unpaired) electrons. The fourth-order valence-electron chi connectivity index (χ4n) is 1.78. The molecule has 2 N–H and O–H groups in total. The minimum Gasteiger partial charge on any atom is -0.329 e. The van der Waals surface area contributed by atoms with Crippen LogP contribution in [0.25, 0.3) is 0 Å². The predicted octanol–water partition coefficient (Wildman–Crippen LogP) is 1.15. The van der Waals surface area contributed by atoms with Crippen molar-refractivity contribution < 1.29 is 4.79 Å². The number of amides is 1. The van der Waals surface area contributed by atoms with Crippen LogP contribution in [-0.4, -0.2) is 32.0 Å². The Morgan fingerprint density at radius 2 is 2.00 bits per heavy atom. The highest BCUT2D eigenvalue weighted by Crippen LogP contribution is 2.10. The third-order valence-corrected chi connectivity index (χ3v) is 2.78. The Labute approximate surface area is 110 Å². The highest BCUT2D eigenvalue weighted by molar-refractivity contribution is 5.90. The summed E-state index contributed by atoms with van der Waals surface area (Å²) < 4.78 is 0. The fraction of sp³-hybridized carbons (Fsp3) is 0.308. The topological polar surface area (TPSA) is 81.8 Å². The molecule has 6 nitrogen and oxygen atoms in total. The zero-order valence-corrected chi connectivity index (χ0v) is 10.9. The Morgan fingerprint density at radius 3 is 2.53 bits per heavy atom. The molecular weight excluding hydrogens is 244 g/mol. The number of benzene rings is 1.